The monoisotopic (exact) mass is 658 g/mol. The Kier molecular flexibility index (Phi) is 9.94. The minimum atomic E-state index is -4.79. The summed E-state index contributed by atoms with van der Waals surface area (Å²) in [5.74, 6) is 0.447. The fourth-order valence-electron chi connectivity index (χ4n) is 4.92. The van der Waals surface area contributed by atoms with Gasteiger partial charge in [-0.05, 0) is 72.9 Å². The molecule has 8 nitrogen and oxygen atoms in total. The number of amides is 2. The molecule has 46 heavy (non-hydrogen) atoms. The van der Waals surface area contributed by atoms with Gasteiger partial charge in [0.05, 0.1) is 12.2 Å². The predicted molar refractivity (Wildman–Crippen MR) is 168 cm³/mol. The van der Waals surface area contributed by atoms with Crippen LogP contribution in [0.4, 0.5) is 32.4 Å². The maximum Gasteiger partial charge on any atom is 0.573 e. The number of alkyl halides is 4. The van der Waals surface area contributed by atoms with Crippen molar-refractivity contribution in [2.45, 2.75) is 51.7 Å². The molecule has 1 aliphatic heterocycles. The second kappa shape index (κ2) is 13.9. The molecule has 5 rings (SSSR count). The van der Waals surface area contributed by atoms with Gasteiger partial charge in [-0.1, -0.05) is 49.9 Å². The van der Waals surface area contributed by atoms with Gasteiger partial charge in [-0.25, -0.2) is 23.2 Å². The van der Waals surface area contributed by atoms with E-state index in [2.05, 4.69) is 25.1 Å². The number of hydrogen-bond acceptors (Lipinski definition) is 5. The van der Waals surface area contributed by atoms with Crippen molar-refractivity contribution in [1.29, 1.82) is 0 Å². The zero-order valence-corrected chi connectivity index (χ0v) is 25.9. The van der Waals surface area contributed by atoms with Crippen molar-refractivity contribution in [3.05, 3.63) is 90.0 Å². The number of benzene rings is 3. The van der Waals surface area contributed by atoms with E-state index < -0.39 is 18.6 Å². The van der Waals surface area contributed by atoms with E-state index in [-0.39, 0.29) is 30.1 Å². The molecule has 3 aromatic carbocycles. The number of thioether (sulfide) groups is 1. The summed E-state index contributed by atoms with van der Waals surface area (Å²) < 4.78 is 71.7. The van der Waals surface area contributed by atoms with E-state index in [4.69, 9.17) is 0 Å². The molecule has 14 heteroatoms. The van der Waals surface area contributed by atoms with Gasteiger partial charge >= 0.3 is 12.4 Å². The molecule has 242 valence electrons. The standard InChI is InChI=1S/C32H31F5N6O2S/c1-19(2)26-16-23(33)8-13-28(26)43-20(3)14-15-46-31(43)40-30(44)38-17-27(34)21-4-6-22(7-5-21)29-39-18-42(41-29)24-9-11-25(12-10-24)45-32(35,36)37/h4-13,16,18-20,27H,14-15,17H2,1-3H3,(H,38,44). The number of nitrogens with one attached hydrogen (secondary N) is 1. The summed E-state index contributed by atoms with van der Waals surface area (Å²) in [4.78, 5) is 23.2. The molecular weight excluding hydrogens is 627 g/mol. The molecule has 1 aliphatic rings. The number of carbonyl (C=O) groups is 1. The van der Waals surface area contributed by atoms with Crippen LogP contribution in [0.15, 0.2) is 78.0 Å². The molecule has 0 spiro atoms. The SMILES string of the molecule is CC(C)c1cc(F)ccc1N1C(=NC(=O)NCC(F)c2ccc(-c3ncn(-c4ccc(OC(F)(F)F)cc4)n3)cc2)SCCC1C. The van der Waals surface area contributed by atoms with Crippen LogP contribution in [0.3, 0.4) is 0 Å². The highest BCUT2D eigenvalue weighted by Crippen LogP contribution is 2.35. The van der Waals surface area contributed by atoms with Crippen LogP contribution in [0.25, 0.3) is 17.1 Å². The van der Waals surface area contributed by atoms with Gasteiger partial charge < -0.3 is 15.0 Å². The fraction of sp³-hybridized carbons (Fsp3) is 0.312. The lowest BCUT2D eigenvalue weighted by Gasteiger charge is -2.37. The Morgan fingerprint density at radius 2 is 1.83 bits per heavy atom. The average molecular weight is 659 g/mol. The highest BCUT2D eigenvalue weighted by molar-refractivity contribution is 8.14. The Labute approximate surface area is 266 Å². The Balaban J connectivity index is 1.21. The van der Waals surface area contributed by atoms with Gasteiger partial charge in [0.25, 0.3) is 0 Å². The lowest BCUT2D eigenvalue weighted by Crippen LogP contribution is -2.43. The molecule has 0 aliphatic carbocycles. The number of amidine groups is 1. The minimum Gasteiger partial charge on any atom is -0.406 e. The minimum absolute atomic E-state index is 0.0301. The maximum atomic E-state index is 15.1. The summed E-state index contributed by atoms with van der Waals surface area (Å²) in [6.07, 6.45) is -4.04. The van der Waals surface area contributed by atoms with Crippen LogP contribution in [0, 0.1) is 5.82 Å². The van der Waals surface area contributed by atoms with Crippen molar-refractivity contribution in [2.75, 3.05) is 17.2 Å². The van der Waals surface area contributed by atoms with E-state index >= 15 is 4.39 Å². The summed E-state index contributed by atoms with van der Waals surface area (Å²) in [5.41, 5.74) is 2.98. The summed E-state index contributed by atoms with van der Waals surface area (Å²) in [6, 6.07) is 15.5. The normalized spacial score (nSPS) is 16.9. The third kappa shape index (κ3) is 8.03. The molecule has 2 atom stereocenters. The second-order valence-corrected chi connectivity index (χ2v) is 12.0. The number of carbonyl (C=O) groups excluding carboxylic acids is 1. The Morgan fingerprint density at radius 3 is 2.50 bits per heavy atom. The molecule has 0 saturated carbocycles. The van der Waals surface area contributed by atoms with Crippen LogP contribution in [-0.4, -0.2) is 50.7 Å². The number of ether oxygens (including phenoxy) is 1. The lowest BCUT2D eigenvalue weighted by atomic mass is 9.99. The highest BCUT2D eigenvalue weighted by Gasteiger charge is 2.31. The quantitative estimate of drug-likeness (QED) is 0.192. The molecule has 0 bridgehead atoms. The summed E-state index contributed by atoms with van der Waals surface area (Å²) in [7, 11) is 0. The lowest BCUT2D eigenvalue weighted by molar-refractivity contribution is -0.274. The molecule has 2 unspecified atom stereocenters. The van der Waals surface area contributed by atoms with Gasteiger partial charge in [-0.15, -0.1) is 18.3 Å². The number of hydrogen-bond donors (Lipinski definition) is 1. The maximum absolute atomic E-state index is 15.1. The summed E-state index contributed by atoms with van der Waals surface area (Å²) in [6.45, 7) is 5.67. The van der Waals surface area contributed by atoms with Crippen molar-refractivity contribution in [1.82, 2.24) is 20.1 Å². The van der Waals surface area contributed by atoms with Gasteiger partial charge in [0.15, 0.2) is 11.0 Å². The third-order valence-corrected chi connectivity index (χ3v) is 8.26. The van der Waals surface area contributed by atoms with Gasteiger partial charge in [0, 0.05) is 23.0 Å². The Morgan fingerprint density at radius 1 is 1.11 bits per heavy atom. The number of aliphatic imine (C=N–C) groups is 1. The molecule has 1 aromatic heterocycles. The highest BCUT2D eigenvalue weighted by atomic mass is 32.2. The number of halogens is 5. The second-order valence-electron chi connectivity index (χ2n) is 10.9. The van der Waals surface area contributed by atoms with E-state index in [1.807, 2.05) is 25.7 Å². The number of nitrogens with zero attached hydrogens (tertiary/aromatic N) is 5. The van der Waals surface area contributed by atoms with Crippen LogP contribution >= 0.6 is 11.8 Å². The fourth-order valence-corrected chi connectivity index (χ4v) is 6.13. The number of anilines is 1. The number of aromatic nitrogens is 3. The molecule has 1 saturated heterocycles. The molecule has 0 radical (unpaired) electrons. The first kappa shape index (κ1) is 32.9. The Bertz CT molecular complexity index is 1690. The molecule has 1 N–H and O–H groups in total. The van der Waals surface area contributed by atoms with Gasteiger partial charge in [-0.3, -0.25) is 0 Å². The van der Waals surface area contributed by atoms with Crippen LogP contribution in [-0.2, 0) is 0 Å². The molecule has 2 amide bonds. The zero-order valence-electron chi connectivity index (χ0n) is 25.1. The van der Waals surface area contributed by atoms with Crippen LogP contribution in [0.2, 0.25) is 0 Å². The van der Waals surface area contributed by atoms with E-state index in [9.17, 15) is 22.4 Å². The van der Waals surface area contributed by atoms with Crippen LogP contribution < -0.4 is 15.0 Å². The van der Waals surface area contributed by atoms with Gasteiger partial charge in [0.1, 0.15) is 24.1 Å². The van der Waals surface area contributed by atoms with Crippen LogP contribution in [0.1, 0.15) is 50.4 Å². The molecule has 2 heterocycles. The topological polar surface area (TPSA) is 84.6 Å². The van der Waals surface area contributed by atoms with Crippen molar-refractivity contribution in [3.8, 4) is 22.8 Å². The Hall–Kier alpha value is -4.46. The smallest absolute Gasteiger partial charge is 0.406 e. The third-order valence-electron chi connectivity index (χ3n) is 7.27. The van der Waals surface area contributed by atoms with E-state index in [1.54, 1.807) is 30.3 Å². The zero-order chi connectivity index (χ0) is 33.0. The number of rotatable bonds is 8. The summed E-state index contributed by atoms with van der Waals surface area (Å²) >= 11 is 1.42. The first-order chi connectivity index (χ1) is 21.9. The first-order valence-corrected chi connectivity index (χ1v) is 15.5. The summed E-state index contributed by atoms with van der Waals surface area (Å²) in [5, 5.41) is 7.37. The molecule has 4 aromatic rings. The van der Waals surface area contributed by atoms with Crippen molar-refractivity contribution < 1.29 is 31.5 Å². The predicted octanol–water partition coefficient (Wildman–Crippen LogP) is 8.20. The average Bonchev–Trinajstić information content (AvgIpc) is 3.50. The van der Waals surface area contributed by atoms with Crippen molar-refractivity contribution in [3.63, 3.8) is 0 Å². The van der Waals surface area contributed by atoms with Gasteiger partial charge in [0.2, 0.25) is 0 Å². The van der Waals surface area contributed by atoms with E-state index in [0.29, 0.717) is 27.8 Å². The van der Waals surface area contributed by atoms with E-state index in [0.717, 1.165) is 23.4 Å². The van der Waals surface area contributed by atoms with Crippen LogP contribution in [0.5, 0.6) is 5.75 Å². The first-order valence-electron chi connectivity index (χ1n) is 14.5. The van der Waals surface area contributed by atoms with E-state index in [1.165, 1.54) is 59.2 Å². The van der Waals surface area contributed by atoms with Crippen molar-refractivity contribution in [2.24, 2.45) is 4.99 Å². The molecular formula is C32H31F5N6O2S. The van der Waals surface area contributed by atoms with Crippen molar-refractivity contribution >= 4 is 28.6 Å². The molecule has 1 fully saturated rings. The van der Waals surface area contributed by atoms with Gasteiger partial charge in [-0.2, -0.15) is 4.99 Å². The number of urea groups is 1. The largest absolute Gasteiger partial charge is 0.573 e.